The van der Waals surface area contributed by atoms with E-state index in [4.69, 9.17) is 5.11 Å². The minimum atomic E-state index is -0.461. The van der Waals surface area contributed by atoms with Crippen LogP contribution in [0.2, 0.25) is 0 Å². The highest BCUT2D eigenvalue weighted by Crippen LogP contribution is 2.29. The van der Waals surface area contributed by atoms with Crippen molar-refractivity contribution < 1.29 is 10.2 Å². The Labute approximate surface area is 118 Å². The fraction of sp³-hybridized carbons (Fsp3) is 0.571. The van der Waals surface area contributed by atoms with Crippen LogP contribution in [-0.4, -0.2) is 29.9 Å². The van der Waals surface area contributed by atoms with Gasteiger partial charge in [-0.05, 0) is 47.0 Å². The number of aliphatic hydroxyl groups excluding tert-OH is 2. The van der Waals surface area contributed by atoms with Gasteiger partial charge >= 0.3 is 0 Å². The number of rotatable bonds is 7. The van der Waals surface area contributed by atoms with E-state index in [1.165, 1.54) is 0 Å². The van der Waals surface area contributed by atoms with Crippen LogP contribution < -0.4 is 4.90 Å². The lowest BCUT2D eigenvalue weighted by atomic mass is 10.1. The van der Waals surface area contributed by atoms with E-state index in [0.717, 1.165) is 35.1 Å². The predicted octanol–water partition coefficient (Wildman–Crippen LogP) is 3.10. The molecule has 0 aliphatic heterocycles. The first-order valence-corrected chi connectivity index (χ1v) is 7.22. The average molecular weight is 316 g/mol. The third-order valence-electron chi connectivity index (χ3n) is 2.95. The minimum Gasteiger partial charge on any atom is -0.395 e. The third kappa shape index (κ3) is 4.26. The largest absolute Gasteiger partial charge is 0.395 e. The maximum atomic E-state index is 9.55. The van der Waals surface area contributed by atoms with E-state index in [0.29, 0.717) is 6.54 Å². The molecule has 1 atom stereocenters. The van der Waals surface area contributed by atoms with Crippen molar-refractivity contribution in [2.75, 3.05) is 24.6 Å². The van der Waals surface area contributed by atoms with E-state index in [9.17, 15) is 5.11 Å². The quantitative estimate of drug-likeness (QED) is 0.812. The summed E-state index contributed by atoms with van der Waals surface area (Å²) in [5.74, 6) is 0. The van der Waals surface area contributed by atoms with Gasteiger partial charge in [-0.15, -0.1) is 0 Å². The van der Waals surface area contributed by atoms with Gasteiger partial charge in [-0.2, -0.15) is 0 Å². The minimum absolute atomic E-state index is 0.147. The van der Waals surface area contributed by atoms with Crippen molar-refractivity contribution in [1.29, 1.82) is 0 Å². The van der Waals surface area contributed by atoms with Crippen molar-refractivity contribution >= 4 is 21.6 Å². The maximum Gasteiger partial charge on any atom is 0.0762 e. The summed E-state index contributed by atoms with van der Waals surface area (Å²) in [6.07, 6.45) is 1.77. The highest BCUT2D eigenvalue weighted by Gasteiger charge is 2.11. The normalized spacial score (nSPS) is 12.5. The summed E-state index contributed by atoms with van der Waals surface area (Å²) in [5, 5.41) is 18.7. The Bertz CT molecular complexity index is 369. The first-order valence-electron chi connectivity index (χ1n) is 6.43. The van der Waals surface area contributed by atoms with Gasteiger partial charge < -0.3 is 15.1 Å². The van der Waals surface area contributed by atoms with Gasteiger partial charge in [-0.1, -0.05) is 19.4 Å². The summed E-state index contributed by atoms with van der Waals surface area (Å²) in [5.41, 5.74) is 1.96. The van der Waals surface area contributed by atoms with Crippen LogP contribution in [0.15, 0.2) is 22.7 Å². The van der Waals surface area contributed by atoms with E-state index in [1.54, 1.807) is 6.92 Å². The molecule has 3 nitrogen and oxygen atoms in total. The van der Waals surface area contributed by atoms with Crippen LogP contribution in [0, 0.1) is 0 Å². The van der Waals surface area contributed by atoms with E-state index in [2.05, 4.69) is 27.8 Å². The molecule has 0 saturated carbocycles. The fourth-order valence-corrected chi connectivity index (χ4v) is 2.51. The number of anilines is 1. The number of hydrogen-bond acceptors (Lipinski definition) is 3. The monoisotopic (exact) mass is 315 g/mol. The highest BCUT2D eigenvalue weighted by atomic mass is 79.9. The van der Waals surface area contributed by atoms with Gasteiger partial charge in [0.1, 0.15) is 0 Å². The number of halogens is 1. The molecule has 0 spiro atoms. The van der Waals surface area contributed by atoms with Crippen molar-refractivity contribution in [3.8, 4) is 0 Å². The van der Waals surface area contributed by atoms with Crippen molar-refractivity contribution in [3.63, 3.8) is 0 Å². The number of aliphatic hydroxyl groups is 2. The van der Waals surface area contributed by atoms with E-state index < -0.39 is 6.10 Å². The zero-order valence-electron chi connectivity index (χ0n) is 11.1. The molecule has 0 radical (unpaired) electrons. The van der Waals surface area contributed by atoms with Crippen molar-refractivity contribution in [3.05, 3.63) is 28.2 Å². The lowest BCUT2D eigenvalue weighted by molar-refractivity contribution is 0.199. The van der Waals surface area contributed by atoms with E-state index in [1.807, 2.05) is 18.2 Å². The Hall–Kier alpha value is -0.580. The van der Waals surface area contributed by atoms with Crippen molar-refractivity contribution in [2.24, 2.45) is 0 Å². The lowest BCUT2D eigenvalue weighted by Gasteiger charge is -2.25. The molecule has 0 aliphatic rings. The van der Waals surface area contributed by atoms with E-state index in [-0.39, 0.29) is 6.61 Å². The Kier molecular flexibility index (Phi) is 6.68. The first-order chi connectivity index (χ1) is 8.60. The molecule has 0 amide bonds. The van der Waals surface area contributed by atoms with Gasteiger partial charge in [0, 0.05) is 17.6 Å². The summed E-state index contributed by atoms with van der Waals surface area (Å²) in [7, 11) is 0. The summed E-state index contributed by atoms with van der Waals surface area (Å²) in [4.78, 5) is 2.17. The summed E-state index contributed by atoms with van der Waals surface area (Å²) in [6, 6.07) is 5.87. The van der Waals surface area contributed by atoms with Crippen LogP contribution in [0.5, 0.6) is 0 Å². The fourth-order valence-electron chi connectivity index (χ4n) is 1.86. The highest BCUT2D eigenvalue weighted by molar-refractivity contribution is 9.10. The molecule has 2 N–H and O–H groups in total. The summed E-state index contributed by atoms with van der Waals surface area (Å²) < 4.78 is 0.963. The van der Waals surface area contributed by atoms with Gasteiger partial charge in [-0.3, -0.25) is 0 Å². The SMILES string of the molecule is CCCCN(CCO)c1ccc([C@@H](C)O)cc1Br. The molecule has 0 aromatic heterocycles. The molecule has 4 heteroatoms. The Balaban J connectivity index is 2.90. The molecule has 102 valence electrons. The van der Waals surface area contributed by atoms with Crippen LogP contribution in [0.25, 0.3) is 0 Å². The molecule has 1 aromatic carbocycles. The molecule has 1 rings (SSSR count). The molecule has 0 fully saturated rings. The molecule has 0 aliphatic carbocycles. The molecular formula is C14H22BrNO2. The standard InChI is InChI=1S/C14H22BrNO2/c1-3-4-7-16(8-9-17)14-6-5-12(11(2)18)10-13(14)15/h5-6,10-11,17-18H,3-4,7-9H2,1-2H3/t11-/m1/s1. The molecule has 0 bridgehead atoms. The second-order valence-corrected chi connectivity index (χ2v) is 5.31. The molecule has 0 unspecified atom stereocenters. The Morgan fingerprint density at radius 2 is 2.06 bits per heavy atom. The summed E-state index contributed by atoms with van der Waals surface area (Å²) >= 11 is 3.54. The van der Waals surface area contributed by atoms with Gasteiger partial charge in [0.2, 0.25) is 0 Å². The zero-order valence-corrected chi connectivity index (χ0v) is 12.7. The number of hydrogen-bond donors (Lipinski definition) is 2. The van der Waals surface area contributed by atoms with Crippen LogP contribution in [-0.2, 0) is 0 Å². The first kappa shape index (κ1) is 15.5. The van der Waals surface area contributed by atoms with Gasteiger partial charge in [0.25, 0.3) is 0 Å². The maximum absolute atomic E-state index is 9.55. The number of unbranched alkanes of at least 4 members (excludes halogenated alkanes) is 1. The van der Waals surface area contributed by atoms with E-state index >= 15 is 0 Å². The Morgan fingerprint density at radius 1 is 1.33 bits per heavy atom. The van der Waals surface area contributed by atoms with Crippen molar-refractivity contribution in [2.45, 2.75) is 32.8 Å². The van der Waals surface area contributed by atoms with Crippen LogP contribution in [0.4, 0.5) is 5.69 Å². The number of nitrogens with zero attached hydrogens (tertiary/aromatic N) is 1. The predicted molar refractivity (Wildman–Crippen MR) is 79.0 cm³/mol. The lowest BCUT2D eigenvalue weighted by Crippen LogP contribution is -2.28. The van der Waals surface area contributed by atoms with Gasteiger partial charge in [0.15, 0.2) is 0 Å². The smallest absolute Gasteiger partial charge is 0.0762 e. The van der Waals surface area contributed by atoms with Gasteiger partial charge in [-0.25, -0.2) is 0 Å². The van der Waals surface area contributed by atoms with Crippen LogP contribution in [0.3, 0.4) is 0 Å². The summed E-state index contributed by atoms with van der Waals surface area (Å²) in [6.45, 7) is 5.62. The third-order valence-corrected chi connectivity index (χ3v) is 3.58. The second kappa shape index (κ2) is 7.77. The molecular weight excluding hydrogens is 294 g/mol. The molecule has 0 saturated heterocycles. The molecule has 18 heavy (non-hydrogen) atoms. The van der Waals surface area contributed by atoms with Crippen LogP contribution in [0.1, 0.15) is 38.4 Å². The zero-order chi connectivity index (χ0) is 13.5. The number of benzene rings is 1. The van der Waals surface area contributed by atoms with Crippen molar-refractivity contribution in [1.82, 2.24) is 0 Å². The average Bonchev–Trinajstić information content (AvgIpc) is 2.34. The molecule has 1 aromatic rings. The van der Waals surface area contributed by atoms with Gasteiger partial charge in [0.05, 0.1) is 18.4 Å². The topological polar surface area (TPSA) is 43.7 Å². The second-order valence-electron chi connectivity index (χ2n) is 4.45. The van der Waals surface area contributed by atoms with Crippen LogP contribution >= 0.6 is 15.9 Å². The molecule has 0 heterocycles. The Morgan fingerprint density at radius 3 is 2.56 bits per heavy atom.